The normalized spacial score (nSPS) is 14.2. The molecule has 0 aliphatic heterocycles. The number of sulfonamides is 1. The summed E-state index contributed by atoms with van der Waals surface area (Å²) in [5.41, 5.74) is 2.10. The molecule has 1 aliphatic rings. The molecular weight excluding hydrogens is 553 g/mol. The lowest BCUT2D eigenvalue weighted by Gasteiger charge is -2.18. The van der Waals surface area contributed by atoms with Crippen molar-refractivity contribution in [2.75, 3.05) is 10.5 Å². The minimum atomic E-state index is -3.58. The summed E-state index contributed by atoms with van der Waals surface area (Å²) in [4.78, 5) is 26.5. The van der Waals surface area contributed by atoms with Gasteiger partial charge in [-0.3, -0.25) is 14.3 Å². The molecule has 11 heteroatoms. The summed E-state index contributed by atoms with van der Waals surface area (Å²) in [7, 11) is -1.96. The Morgan fingerprint density at radius 3 is 2.42 bits per heavy atom. The number of amides is 1. The third-order valence-corrected chi connectivity index (χ3v) is 9.52. The topological polar surface area (TPSA) is 106 Å². The number of aromatic nitrogens is 1. The van der Waals surface area contributed by atoms with Gasteiger partial charge in [0.25, 0.3) is 11.5 Å². The van der Waals surface area contributed by atoms with Crippen LogP contribution in [0.3, 0.4) is 0 Å². The number of fused-ring (bicyclic) bond motifs is 1. The van der Waals surface area contributed by atoms with E-state index in [1.54, 1.807) is 51.4 Å². The number of pyridine rings is 1. The SMILES string of the molecule is CCS(=O)(=O)Nc1ccc(Oc2c(C)cc(F)cc2C)c(-c2cn(C)c(=O)c3cc(C(=O)NC4(C)CC4)sc23)c1. The molecule has 0 spiro atoms. The molecule has 1 saturated carbocycles. The van der Waals surface area contributed by atoms with Gasteiger partial charge < -0.3 is 14.6 Å². The molecule has 40 heavy (non-hydrogen) atoms. The third-order valence-electron chi connectivity index (χ3n) is 7.05. The predicted octanol–water partition coefficient (Wildman–Crippen LogP) is 5.86. The number of carbonyl (C=O) groups is 1. The standard InChI is InChI=1S/C29H30FN3O5S2/c1-6-40(36,37)32-19-7-8-23(38-25-16(2)11-18(30)12-17(25)3)20(13-19)22-15-33(5)28(35)21-14-24(39-26(21)22)27(34)31-29(4)9-10-29/h7-8,11-15,32H,6,9-10H2,1-5H3,(H,31,34). The van der Waals surface area contributed by atoms with E-state index >= 15 is 0 Å². The summed E-state index contributed by atoms with van der Waals surface area (Å²) in [5, 5.41) is 3.40. The Morgan fingerprint density at radius 1 is 1.12 bits per heavy atom. The van der Waals surface area contributed by atoms with Gasteiger partial charge >= 0.3 is 0 Å². The van der Waals surface area contributed by atoms with Gasteiger partial charge in [0.05, 0.1) is 20.7 Å². The number of nitrogens with zero attached hydrogens (tertiary/aromatic N) is 1. The largest absolute Gasteiger partial charge is 0.456 e. The van der Waals surface area contributed by atoms with Crippen LogP contribution in [0.4, 0.5) is 10.1 Å². The van der Waals surface area contributed by atoms with Gasteiger partial charge in [0.2, 0.25) is 10.0 Å². The Bertz CT molecular complexity index is 1820. The third kappa shape index (κ3) is 5.48. The lowest BCUT2D eigenvalue weighted by molar-refractivity contribution is 0.0939. The van der Waals surface area contributed by atoms with Crippen LogP contribution in [0.2, 0.25) is 0 Å². The second-order valence-electron chi connectivity index (χ2n) is 10.5. The first-order valence-electron chi connectivity index (χ1n) is 12.8. The summed E-state index contributed by atoms with van der Waals surface area (Å²) in [6, 6.07) is 9.22. The second-order valence-corrected chi connectivity index (χ2v) is 13.6. The predicted molar refractivity (Wildman–Crippen MR) is 157 cm³/mol. The molecule has 0 radical (unpaired) electrons. The number of aryl methyl sites for hydroxylation is 3. The highest BCUT2D eigenvalue weighted by atomic mass is 32.2. The zero-order valence-corrected chi connectivity index (χ0v) is 24.5. The first-order chi connectivity index (χ1) is 18.8. The molecule has 2 aromatic carbocycles. The van der Waals surface area contributed by atoms with Crippen molar-refractivity contribution in [2.45, 2.75) is 46.1 Å². The first-order valence-corrected chi connectivity index (χ1v) is 15.3. The van der Waals surface area contributed by atoms with Gasteiger partial charge in [-0.15, -0.1) is 11.3 Å². The molecule has 1 aliphatic carbocycles. The maximum Gasteiger partial charge on any atom is 0.261 e. The zero-order chi connectivity index (χ0) is 29.0. The summed E-state index contributed by atoms with van der Waals surface area (Å²) in [5.74, 6) is 0.112. The van der Waals surface area contributed by atoms with E-state index in [2.05, 4.69) is 10.0 Å². The van der Waals surface area contributed by atoms with Crippen LogP contribution in [-0.2, 0) is 17.1 Å². The van der Waals surface area contributed by atoms with Crippen molar-refractivity contribution in [3.63, 3.8) is 0 Å². The van der Waals surface area contributed by atoms with Crippen LogP contribution < -0.4 is 20.3 Å². The van der Waals surface area contributed by atoms with Gasteiger partial charge in [-0.05, 0) is 88.1 Å². The second kappa shape index (κ2) is 10.0. The molecule has 2 heterocycles. The number of nitrogens with one attached hydrogen (secondary N) is 2. The Hall–Kier alpha value is -3.70. The average molecular weight is 584 g/mol. The van der Waals surface area contributed by atoms with E-state index in [4.69, 9.17) is 4.74 Å². The molecule has 2 N–H and O–H groups in total. The number of halogens is 1. The molecule has 1 amide bonds. The summed E-state index contributed by atoms with van der Waals surface area (Å²) in [6.45, 7) is 7.00. The first kappa shape index (κ1) is 27.9. The van der Waals surface area contributed by atoms with Crippen LogP contribution >= 0.6 is 11.3 Å². The van der Waals surface area contributed by atoms with Crippen LogP contribution in [0.25, 0.3) is 21.2 Å². The number of thiophene rings is 1. The Balaban J connectivity index is 1.70. The smallest absolute Gasteiger partial charge is 0.261 e. The fourth-order valence-corrected chi connectivity index (χ4v) is 6.22. The molecule has 2 aromatic heterocycles. The van der Waals surface area contributed by atoms with Gasteiger partial charge in [0, 0.05) is 35.6 Å². The molecule has 0 saturated heterocycles. The van der Waals surface area contributed by atoms with Gasteiger partial charge in [0.1, 0.15) is 17.3 Å². The minimum absolute atomic E-state index is 0.110. The number of rotatable bonds is 8. The van der Waals surface area contributed by atoms with Crippen molar-refractivity contribution >= 4 is 43.0 Å². The number of carbonyl (C=O) groups excluding carboxylic acids is 1. The van der Waals surface area contributed by atoms with Crippen molar-refractivity contribution in [1.29, 1.82) is 0 Å². The van der Waals surface area contributed by atoms with E-state index in [1.165, 1.54) is 35.0 Å². The summed E-state index contributed by atoms with van der Waals surface area (Å²) in [6.07, 6.45) is 3.45. The average Bonchev–Trinajstić information content (AvgIpc) is 3.42. The molecule has 0 bridgehead atoms. The molecule has 8 nitrogen and oxygen atoms in total. The number of hydrogen-bond acceptors (Lipinski definition) is 6. The maximum atomic E-state index is 14.0. The quantitative estimate of drug-likeness (QED) is 0.270. The zero-order valence-electron chi connectivity index (χ0n) is 22.8. The summed E-state index contributed by atoms with van der Waals surface area (Å²) < 4.78 is 49.6. The van der Waals surface area contributed by atoms with E-state index in [-0.39, 0.29) is 28.6 Å². The highest BCUT2D eigenvalue weighted by molar-refractivity contribution is 7.92. The van der Waals surface area contributed by atoms with Crippen LogP contribution in [0.1, 0.15) is 47.5 Å². The van der Waals surface area contributed by atoms with Crippen molar-refractivity contribution in [2.24, 2.45) is 7.05 Å². The van der Waals surface area contributed by atoms with Crippen molar-refractivity contribution in [1.82, 2.24) is 9.88 Å². The molecule has 4 aromatic rings. The van der Waals surface area contributed by atoms with E-state index in [9.17, 15) is 22.4 Å². The van der Waals surface area contributed by atoms with E-state index in [0.717, 1.165) is 12.8 Å². The lowest BCUT2D eigenvalue weighted by Crippen LogP contribution is -2.33. The Labute approximate surface area is 235 Å². The number of ether oxygens (including phenoxy) is 1. The Kier molecular flexibility index (Phi) is 6.99. The van der Waals surface area contributed by atoms with E-state index in [1.807, 2.05) is 6.92 Å². The highest BCUT2D eigenvalue weighted by Crippen LogP contribution is 2.42. The minimum Gasteiger partial charge on any atom is -0.456 e. The van der Waals surface area contributed by atoms with E-state index < -0.39 is 10.0 Å². The van der Waals surface area contributed by atoms with Crippen LogP contribution in [-0.4, -0.2) is 30.2 Å². The summed E-state index contributed by atoms with van der Waals surface area (Å²) >= 11 is 1.20. The monoisotopic (exact) mass is 583 g/mol. The molecule has 210 valence electrons. The van der Waals surface area contributed by atoms with Crippen LogP contribution in [0.15, 0.2) is 47.4 Å². The van der Waals surface area contributed by atoms with Gasteiger partial charge in [-0.25, -0.2) is 12.8 Å². The number of benzene rings is 2. The van der Waals surface area contributed by atoms with Crippen molar-refractivity contribution in [3.05, 3.63) is 74.8 Å². The number of anilines is 1. The maximum absolute atomic E-state index is 14.0. The Morgan fingerprint density at radius 2 is 1.80 bits per heavy atom. The van der Waals surface area contributed by atoms with Crippen molar-refractivity contribution in [3.8, 4) is 22.6 Å². The fourth-order valence-electron chi connectivity index (χ4n) is 4.52. The van der Waals surface area contributed by atoms with Gasteiger partial charge in [-0.1, -0.05) is 0 Å². The molecule has 5 rings (SSSR count). The number of hydrogen-bond donors (Lipinski definition) is 2. The van der Waals surface area contributed by atoms with Crippen LogP contribution in [0.5, 0.6) is 11.5 Å². The van der Waals surface area contributed by atoms with Gasteiger partial charge in [-0.2, -0.15) is 0 Å². The fraction of sp³-hybridized carbons (Fsp3) is 0.310. The lowest BCUT2D eigenvalue weighted by atomic mass is 10.0. The molecular formula is C29H30FN3O5S2. The van der Waals surface area contributed by atoms with Gasteiger partial charge in [0.15, 0.2) is 0 Å². The van der Waals surface area contributed by atoms with E-state index in [0.29, 0.717) is 54.4 Å². The molecule has 1 fully saturated rings. The van der Waals surface area contributed by atoms with Crippen molar-refractivity contribution < 1.29 is 22.3 Å². The highest BCUT2D eigenvalue weighted by Gasteiger charge is 2.39. The van der Waals surface area contributed by atoms with Crippen LogP contribution in [0, 0.1) is 19.7 Å². The molecule has 0 atom stereocenters. The molecule has 0 unspecified atom stereocenters.